The normalized spacial score (nSPS) is 11.4. The first-order chi connectivity index (χ1) is 11.8. The standard InChI is InChI=1S/C16H12ClN3O4S/c1-11-10-19(16(18-11)12-5-3-2-4-6-12)25(23,24)13-7-8-14(17)15(9-13)20(21)22/h2-10H,1H3. The van der Waals surface area contributed by atoms with Crippen LogP contribution < -0.4 is 0 Å². The molecule has 128 valence electrons. The molecule has 0 spiro atoms. The van der Waals surface area contributed by atoms with Crippen molar-refractivity contribution in [3.8, 4) is 11.4 Å². The Balaban J connectivity index is 2.20. The van der Waals surface area contributed by atoms with E-state index in [1.54, 1.807) is 37.3 Å². The topological polar surface area (TPSA) is 95.1 Å². The van der Waals surface area contributed by atoms with Crippen LogP contribution in [0.4, 0.5) is 5.69 Å². The number of benzene rings is 2. The number of rotatable bonds is 4. The third kappa shape index (κ3) is 3.13. The molecule has 0 atom stereocenters. The highest BCUT2D eigenvalue weighted by Gasteiger charge is 2.25. The maximum Gasteiger partial charge on any atom is 0.289 e. The number of aromatic nitrogens is 2. The van der Waals surface area contributed by atoms with Gasteiger partial charge in [0.2, 0.25) is 0 Å². The average Bonchev–Trinajstić information content (AvgIpc) is 2.98. The zero-order valence-corrected chi connectivity index (χ0v) is 14.5. The minimum Gasteiger partial charge on any atom is -0.258 e. The van der Waals surface area contributed by atoms with Crippen molar-refractivity contribution in [2.45, 2.75) is 11.8 Å². The summed E-state index contributed by atoms with van der Waals surface area (Å²) in [5.41, 5.74) is 0.648. The fourth-order valence-corrected chi connectivity index (χ4v) is 3.92. The first kappa shape index (κ1) is 17.1. The second-order valence-corrected chi connectivity index (χ2v) is 7.47. The molecule has 0 fully saturated rings. The maximum absolute atomic E-state index is 13.0. The van der Waals surface area contributed by atoms with E-state index in [0.717, 1.165) is 10.0 Å². The predicted octanol–water partition coefficient (Wildman–Crippen LogP) is 3.66. The lowest BCUT2D eigenvalue weighted by atomic mass is 10.2. The Kier molecular flexibility index (Phi) is 4.32. The molecule has 25 heavy (non-hydrogen) atoms. The molecule has 3 rings (SSSR count). The Hall–Kier alpha value is -2.71. The SMILES string of the molecule is Cc1cn(S(=O)(=O)c2ccc(Cl)c([N+](=O)[O-])c2)c(-c2ccccc2)n1. The Morgan fingerprint density at radius 3 is 2.48 bits per heavy atom. The van der Waals surface area contributed by atoms with Crippen LogP contribution in [-0.2, 0) is 10.0 Å². The molecule has 1 heterocycles. The largest absolute Gasteiger partial charge is 0.289 e. The highest BCUT2D eigenvalue weighted by Crippen LogP contribution is 2.30. The van der Waals surface area contributed by atoms with Crippen molar-refractivity contribution in [1.82, 2.24) is 8.96 Å². The highest BCUT2D eigenvalue weighted by atomic mass is 35.5. The molecule has 3 aromatic rings. The molecule has 9 heteroatoms. The van der Waals surface area contributed by atoms with E-state index in [1.165, 1.54) is 18.3 Å². The van der Waals surface area contributed by atoms with E-state index in [-0.39, 0.29) is 15.7 Å². The average molecular weight is 378 g/mol. The van der Waals surface area contributed by atoms with Crippen LogP contribution in [0.25, 0.3) is 11.4 Å². The third-order valence-corrected chi connectivity index (χ3v) is 5.46. The van der Waals surface area contributed by atoms with Crippen LogP contribution in [0.15, 0.2) is 59.6 Å². The molecule has 0 amide bonds. The van der Waals surface area contributed by atoms with Gasteiger partial charge in [0.05, 0.1) is 15.5 Å². The molecule has 1 aromatic heterocycles. The molecule has 0 aliphatic heterocycles. The van der Waals surface area contributed by atoms with Crippen molar-refractivity contribution in [2.24, 2.45) is 0 Å². The Morgan fingerprint density at radius 1 is 1.16 bits per heavy atom. The molecule has 0 bridgehead atoms. The van der Waals surface area contributed by atoms with E-state index in [0.29, 0.717) is 11.3 Å². The number of nitro benzene ring substituents is 1. The first-order valence-electron chi connectivity index (χ1n) is 7.11. The molecule has 7 nitrogen and oxygen atoms in total. The van der Waals surface area contributed by atoms with Crippen LogP contribution in [0.2, 0.25) is 5.02 Å². The zero-order valence-electron chi connectivity index (χ0n) is 13.0. The minimum absolute atomic E-state index is 0.131. The number of hydrogen-bond acceptors (Lipinski definition) is 5. The summed E-state index contributed by atoms with van der Waals surface area (Å²) in [5, 5.41) is 10.9. The van der Waals surface area contributed by atoms with E-state index >= 15 is 0 Å². The van der Waals surface area contributed by atoms with Gasteiger partial charge in [0.25, 0.3) is 15.7 Å². The molecule has 2 aromatic carbocycles. The van der Waals surface area contributed by atoms with Crippen LogP contribution >= 0.6 is 11.6 Å². The highest BCUT2D eigenvalue weighted by molar-refractivity contribution is 7.90. The van der Waals surface area contributed by atoms with Gasteiger partial charge in [-0.1, -0.05) is 41.9 Å². The number of aryl methyl sites for hydroxylation is 1. The summed E-state index contributed by atoms with van der Waals surface area (Å²) in [6, 6.07) is 12.2. The summed E-state index contributed by atoms with van der Waals surface area (Å²) >= 11 is 5.76. The molecular formula is C16H12ClN3O4S. The molecule has 0 radical (unpaired) electrons. The molecule has 0 unspecified atom stereocenters. The van der Waals surface area contributed by atoms with E-state index in [2.05, 4.69) is 4.98 Å². The number of nitro groups is 1. The summed E-state index contributed by atoms with van der Waals surface area (Å²) in [6.45, 7) is 1.67. The molecule has 0 aliphatic carbocycles. The van der Waals surface area contributed by atoms with Gasteiger partial charge in [-0.2, -0.15) is 0 Å². The van der Waals surface area contributed by atoms with Crippen LogP contribution in [0.1, 0.15) is 5.69 Å². The van der Waals surface area contributed by atoms with Crippen molar-refractivity contribution < 1.29 is 13.3 Å². The Morgan fingerprint density at radius 2 is 1.84 bits per heavy atom. The minimum atomic E-state index is -4.08. The van der Waals surface area contributed by atoms with Crippen molar-refractivity contribution in [3.63, 3.8) is 0 Å². The Labute approximate surface area is 148 Å². The van der Waals surface area contributed by atoms with Gasteiger partial charge in [0.1, 0.15) is 5.02 Å². The first-order valence-corrected chi connectivity index (χ1v) is 8.93. The van der Waals surface area contributed by atoms with Gasteiger partial charge in [-0.25, -0.2) is 17.4 Å². The zero-order chi connectivity index (χ0) is 18.2. The maximum atomic E-state index is 13.0. The van der Waals surface area contributed by atoms with E-state index in [4.69, 9.17) is 11.6 Å². The number of halogens is 1. The van der Waals surface area contributed by atoms with Crippen molar-refractivity contribution >= 4 is 27.3 Å². The lowest BCUT2D eigenvalue weighted by Gasteiger charge is -2.09. The smallest absolute Gasteiger partial charge is 0.258 e. The fourth-order valence-electron chi connectivity index (χ4n) is 2.34. The van der Waals surface area contributed by atoms with Gasteiger partial charge in [-0.15, -0.1) is 0 Å². The quantitative estimate of drug-likeness (QED) is 0.510. The third-order valence-electron chi connectivity index (χ3n) is 3.50. The van der Waals surface area contributed by atoms with Gasteiger partial charge in [0.15, 0.2) is 5.82 Å². The molecule has 0 saturated carbocycles. The van der Waals surface area contributed by atoms with Crippen LogP contribution in [-0.4, -0.2) is 22.3 Å². The monoisotopic (exact) mass is 377 g/mol. The van der Waals surface area contributed by atoms with Crippen LogP contribution in [0.3, 0.4) is 0 Å². The fraction of sp³-hybridized carbons (Fsp3) is 0.0625. The lowest BCUT2D eigenvalue weighted by Crippen LogP contribution is -2.14. The van der Waals surface area contributed by atoms with Crippen molar-refractivity contribution in [3.05, 3.63) is 75.6 Å². The molecule has 0 aliphatic rings. The Bertz CT molecular complexity index is 1060. The summed E-state index contributed by atoms with van der Waals surface area (Å²) in [7, 11) is -4.08. The summed E-state index contributed by atoms with van der Waals surface area (Å²) in [6.07, 6.45) is 1.37. The van der Waals surface area contributed by atoms with Gasteiger partial charge < -0.3 is 0 Å². The predicted molar refractivity (Wildman–Crippen MR) is 93.1 cm³/mol. The molecular weight excluding hydrogens is 366 g/mol. The summed E-state index contributed by atoms with van der Waals surface area (Å²) in [5.74, 6) is 0.232. The van der Waals surface area contributed by atoms with E-state index in [1.807, 2.05) is 0 Å². The second kappa shape index (κ2) is 6.30. The van der Waals surface area contributed by atoms with E-state index in [9.17, 15) is 18.5 Å². The van der Waals surface area contributed by atoms with Gasteiger partial charge >= 0.3 is 0 Å². The van der Waals surface area contributed by atoms with Gasteiger partial charge in [-0.05, 0) is 19.1 Å². The van der Waals surface area contributed by atoms with Crippen LogP contribution in [0, 0.1) is 17.0 Å². The lowest BCUT2D eigenvalue weighted by molar-refractivity contribution is -0.384. The van der Waals surface area contributed by atoms with Gasteiger partial charge in [-0.3, -0.25) is 10.1 Å². The summed E-state index contributed by atoms with van der Waals surface area (Å²) < 4.78 is 27.0. The number of nitrogens with zero attached hydrogens (tertiary/aromatic N) is 3. The second-order valence-electron chi connectivity index (χ2n) is 5.24. The summed E-state index contributed by atoms with van der Waals surface area (Å²) in [4.78, 5) is 14.3. The van der Waals surface area contributed by atoms with Gasteiger partial charge in [0, 0.05) is 17.8 Å². The number of hydrogen-bond donors (Lipinski definition) is 0. The molecule has 0 saturated heterocycles. The van der Waals surface area contributed by atoms with Crippen molar-refractivity contribution in [1.29, 1.82) is 0 Å². The molecule has 0 N–H and O–H groups in total. The van der Waals surface area contributed by atoms with E-state index < -0.39 is 20.6 Å². The van der Waals surface area contributed by atoms with Crippen molar-refractivity contribution in [2.75, 3.05) is 0 Å². The van der Waals surface area contributed by atoms with Crippen LogP contribution in [0.5, 0.6) is 0 Å². The number of imidazole rings is 1.